The molecule has 1 amide bonds. The molecule has 4 aromatic carbocycles. The third kappa shape index (κ3) is 6.44. The highest BCUT2D eigenvalue weighted by molar-refractivity contribution is 5.86. The summed E-state index contributed by atoms with van der Waals surface area (Å²) in [7, 11) is 3.22. The fourth-order valence-corrected chi connectivity index (χ4v) is 7.39. The fourth-order valence-electron chi connectivity index (χ4n) is 7.39. The zero-order chi connectivity index (χ0) is 34.8. The van der Waals surface area contributed by atoms with Crippen LogP contribution in [0.2, 0.25) is 0 Å². The minimum Gasteiger partial charge on any atom is -0.496 e. The van der Waals surface area contributed by atoms with E-state index in [2.05, 4.69) is 17.4 Å². The molecule has 0 bridgehead atoms. The zero-order valence-electron chi connectivity index (χ0n) is 27.5. The second kappa shape index (κ2) is 13.6. The van der Waals surface area contributed by atoms with Crippen LogP contribution in [0.5, 0.6) is 11.5 Å². The summed E-state index contributed by atoms with van der Waals surface area (Å²) in [4.78, 5) is 36.2. The molecule has 0 radical (unpaired) electrons. The van der Waals surface area contributed by atoms with E-state index in [1.165, 1.54) is 0 Å². The number of alkyl carbamates (subject to hydrolysis) is 1. The highest BCUT2D eigenvalue weighted by atomic mass is 16.5. The van der Waals surface area contributed by atoms with Crippen molar-refractivity contribution in [3.8, 4) is 22.6 Å². The van der Waals surface area contributed by atoms with Gasteiger partial charge in [0.2, 0.25) is 0 Å². The number of carboxylic acids is 2. The number of rotatable bonds is 7. The van der Waals surface area contributed by atoms with E-state index in [9.17, 15) is 19.5 Å². The van der Waals surface area contributed by atoms with Crippen LogP contribution in [0.1, 0.15) is 52.1 Å². The zero-order valence-corrected chi connectivity index (χ0v) is 27.5. The van der Waals surface area contributed by atoms with E-state index < -0.39 is 29.1 Å². The Labute approximate surface area is 284 Å². The van der Waals surface area contributed by atoms with E-state index >= 15 is 0 Å². The Morgan fingerprint density at radius 1 is 0.735 bits per heavy atom. The molecule has 4 aromatic rings. The summed E-state index contributed by atoms with van der Waals surface area (Å²) >= 11 is 0. The van der Waals surface area contributed by atoms with Crippen molar-refractivity contribution < 1.29 is 38.8 Å². The van der Waals surface area contributed by atoms with Crippen LogP contribution >= 0.6 is 0 Å². The number of fused-ring (bicyclic) bond motifs is 5. The molecule has 5 N–H and O–H groups in total. The summed E-state index contributed by atoms with van der Waals surface area (Å²) in [5, 5.41) is 21.8. The third-order valence-electron chi connectivity index (χ3n) is 10.0. The molecule has 10 nitrogen and oxygen atoms in total. The molecule has 0 saturated heterocycles. The summed E-state index contributed by atoms with van der Waals surface area (Å²) in [5.74, 6) is -0.511. The van der Waals surface area contributed by atoms with Gasteiger partial charge in [0.15, 0.2) is 0 Å². The van der Waals surface area contributed by atoms with Crippen molar-refractivity contribution in [3.63, 3.8) is 0 Å². The number of hydrogen-bond acceptors (Lipinski definition) is 7. The maximum absolute atomic E-state index is 12.8. The molecule has 3 aliphatic carbocycles. The van der Waals surface area contributed by atoms with Gasteiger partial charge in [-0.1, -0.05) is 72.8 Å². The van der Waals surface area contributed by atoms with Crippen molar-refractivity contribution >= 4 is 18.0 Å². The predicted molar refractivity (Wildman–Crippen MR) is 183 cm³/mol. The molecule has 2 unspecified atom stereocenters. The SMILES string of the molecule is COc1cccc2c1CCC(N)(C(=O)O)C2.COc1cccc2c1CCC(NC(=O)OCC1c3ccccc3-c3ccccc31)(C(=O)O)C2. The molecule has 3 aliphatic rings. The number of aliphatic carboxylic acids is 2. The molecule has 0 saturated carbocycles. The quantitative estimate of drug-likeness (QED) is 0.200. The Kier molecular flexibility index (Phi) is 9.34. The van der Waals surface area contributed by atoms with Crippen LogP contribution in [0.15, 0.2) is 84.9 Å². The Bertz CT molecular complexity index is 1860. The fraction of sp³-hybridized carbons (Fsp3) is 0.308. The lowest BCUT2D eigenvalue weighted by molar-refractivity contribution is -0.145. The first-order valence-corrected chi connectivity index (χ1v) is 16.3. The van der Waals surface area contributed by atoms with Gasteiger partial charge in [-0.25, -0.2) is 9.59 Å². The minimum atomic E-state index is -1.41. The van der Waals surface area contributed by atoms with Crippen LogP contribution in [0.25, 0.3) is 11.1 Å². The number of ether oxygens (including phenoxy) is 3. The maximum Gasteiger partial charge on any atom is 0.408 e. The molecule has 0 spiro atoms. The van der Waals surface area contributed by atoms with Gasteiger partial charge < -0.3 is 35.5 Å². The Balaban J connectivity index is 0.000000218. The Hall–Kier alpha value is -5.35. The van der Waals surface area contributed by atoms with Gasteiger partial charge in [0.05, 0.1) is 14.2 Å². The lowest BCUT2D eigenvalue weighted by Crippen LogP contribution is -2.58. The second-order valence-corrected chi connectivity index (χ2v) is 12.8. The second-order valence-electron chi connectivity index (χ2n) is 12.8. The summed E-state index contributed by atoms with van der Waals surface area (Å²) in [5.41, 5.74) is 11.8. The monoisotopic (exact) mass is 664 g/mol. The first-order valence-electron chi connectivity index (χ1n) is 16.3. The largest absolute Gasteiger partial charge is 0.496 e. The van der Waals surface area contributed by atoms with Crippen LogP contribution in [-0.2, 0) is 40.0 Å². The predicted octanol–water partition coefficient (Wildman–Crippen LogP) is 5.51. The number of benzene rings is 4. The lowest BCUT2D eigenvalue weighted by Gasteiger charge is -2.35. The van der Waals surface area contributed by atoms with E-state index in [4.69, 9.17) is 25.1 Å². The highest BCUT2D eigenvalue weighted by Gasteiger charge is 2.44. The first-order chi connectivity index (χ1) is 23.6. The molecule has 0 heterocycles. The maximum atomic E-state index is 12.8. The van der Waals surface area contributed by atoms with Crippen molar-refractivity contribution in [2.24, 2.45) is 5.73 Å². The third-order valence-corrected chi connectivity index (χ3v) is 10.0. The van der Waals surface area contributed by atoms with Crippen molar-refractivity contribution in [2.75, 3.05) is 20.8 Å². The van der Waals surface area contributed by atoms with Crippen molar-refractivity contribution in [1.82, 2.24) is 5.32 Å². The summed E-state index contributed by atoms with van der Waals surface area (Å²) in [6.45, 7) is 0.139. The molecule has 49 heavy (non-hydrogen) atoms. The molecule has 0 aliphatic heterocycles. The van der Waals surface area contributed by atoms with Crippen LogP contribution in [0, 0.1) is 0 Å². The summed E-state index contributed by atoms with van der Waals surface area (Å²) in [6, 6.07) is 27.4. The topological polar surface area (TPSA) is 157 Å². The average molecular weight is 665 g/mol. The van der Waals surface area contributed by atoms with Gasteiger partial charge in [-0.2, -0.15) is 0 Å². The van der Waals surface area contributed by atoms with Gasteiger partial charge >= 0.3 is 18.0 Å². The normalized spacial score (nSPS) is 20.2. The number of nitrogens with two attached hydrogens (primary N) is 1. The Morgan fingerprint density at radius 3 is 1.80 bits per heavy atom. The molecule has 10 heteroatoms. The number of carbonyl (C=O) groups excluding carboxylic acids is 1. The van der Waals surface area contributed by atoms with Crippen molar-refractivity contribution in [2.45, 2.75) is 55.5 Å². The molecule has 0 fully saturated rings. The van der Waals surface area contributed by atoms with Crippen LogP contribution in [0.4, 0.5) is 4.79 Å². The van der Waals surface area contributed by atoms with Gasteiger partial charge in [0.1, 0.15) is 29.2 Å². The van der Waals surface area contributed by atoms with Crippen LogP contribution in [0.3, 0.4) is 0 Å². The van der Waals surface area contributed by atoms with Crippen molar-refractivity contribution in [1.29, 1.82) is 0 Å². The number of methoxy groups -OCH3 is 2. The molecule has 7 rings (SSSR count). The summed E-state index contributed by atoms with van der Waals surface area (Å²) < 4.78 is 16.3. The molecule has 0 aromatic heterocycles. The highest BCUT2D eigenvalue weighted by Crippen LogP contribution is 2.44. The van der Waals surface area contributed by atoms with Gasteiger partial charge in [-0.05, 0) is 82.3 Å². The van der Waals surface area contributed by atoms with Gasteiger partial charge in [-0.3, -0.25) is 4.79 Å². The van der Waals surface area contributed by atoms with E-state index in [-0.39, 0.29) is 25.4 Å². The van der Waals surface area contributed by atoms with E-state index in [0.29, 0.717) is 25.7 Å². The summed E-state index contributed by atoms with van der Waals surface area (Å²) in [6.07, 6.45) is 1.70. The number of nitrogens with one attached hydrogen (secondary N) is 1. The molecular formula is C39H40N2O8. The van der Waals surface area contributed by atoms with Gasteiger partial charge in [0.25, 0.3) is 0 Å². The molecular weight excluding hydrogens is 624 g/mol. The van der Waals surface area contributed by atoms with Gasteiger partial charge in [-0.15, -0.1) is 0 Å². The lowest BCUT2D eigenvalue weighted by atomic mass is 9.77. The van der Waals surface area contributed by atoms with Crippen LogP contribution < -0.4 is 20.5 Å². The average Bonchev–Trinajstić information content (AvgIpc) is 3.43. The van der Waals surface area contributed by atoms with Gasteiger partial charge in [0, 0.05) is 18.8 Å². The smallest absolute Gasteiger partial charge is 0.408 e. The number of hydrogen-bond donors (Lipinski definition) is 4. The molecule has 2 atom stereocenters. The number of carboxylic acid groups (broad SMARTS) is 2. The van der Waals surface area contributed by atoms with E-state index in [1.807, 2.05) is 72.8 Å². The minimum absolute atomic E-state index is 0.0831. The number of amides is 1. The first kappa shape index (κ1) is 33.5. The van der Waals surface area contributed by atoms with Crippen LogP contribution in [-0.4, -0.2) is 60.1 Å². The molecule has 254 valence electrons. The van der Waals surface area contributed by atoms with Crippen molar-refractivity contribution in [3.05, 3.63) is 118 Å². The Morgan fingerprint density at radius 2 is 1.27 bits per heavy atom. The number of carbonyl (C=O) groups is 3. The van der Waals surface area contributed by atoms with E-state index in [0.717, 1.165) is 56.0 Å². The van der Waals surface area contributed by atoms with E-state index in [1.54, 1.807) is 14.2 Å². The standard InChI is InChI=1S/C27H25NO5.C12H15NO3/c1-32-24-12-6-7-17-15-27(25(29)30,14-13-18(17)24)28-26(31)33-16-23-21-10-4-2-8-19(21)20-9-3-5-11-22(20)23;1-16-10-4-2-3-8-7-12(13,11(14)15)6-5-9(8)10/h2-12,23H,13-16H2,1H3,(H,28,31)(H,29,30);2-4H,5-7,13H2,1H3,(H,14,15).